The first-order valence-corrected chi connectivity index (χ1v) is 8.43. The highest BCUT2D eigenvalue weighted by atomic mass is 15.1. The number of unbranched alkanes of at least 4 members (excludes halogenated alkanes) is 1. The third-order valence-electron chi connectivity index (χ3n) is 4.30. The number of nitrogens with zero attached hydrogens (tertiary/aromatic N) is 1. The number of rotatable bonds is 8. The van der Waals surface area contributed by atoms with E-state index in [1.54, 1.807) is 0 Å². The lowest BCUT2D eigenvalue weighted by atomic mass is 10.0. The molecular formula is C18H30N2. The largest absolute Gasteiger partial charge is 0.372 e. The molecule has 1 heterocycles. The fourth-order valence-electron chi connectivity index (χ4n) is 3.06. The second-order valence-electron chi connectivity index (χ2n) is 5.97. The first-order chi connectivity index (χ1) is 9.90. The molecule has 2 heteroatoms. The quantitative estimate of drug-likeness (QED) is 0.763. The Labute approximate surface area is 124 Å². The van der Waals surface area contributed by atoms with Crippen LogP contribution in [0.25, 0.3) is 0 Å². The van der Waals surface area contributed by atoms with E-state index in [1.807, 2.05) is 0 Å². The number of hydrogen-bond acceptors (Lipinski definition) is 2. The van der Waals surface area contributed by atoms with Crippen molar-refractivity contribution >= 4 is 5.69 Å². The number of nitrogens with one attached hydrogen (secondary N) is 1. The highest BCUT2D eigenvalue weighted by Crippen LogP contribution is 2.17. The molecule has 0 aromatic heterocycles. The minimum Gasteiger partial charge on any atom is -0.372 e. The predicted molar refractivity (Wildman–Crippen MR) is 88.4 cm³/mol. The summed E-state index contributed by atoms with van der Waals surface area (Å²) >= 11 is 0. The maximum Gasteiger partial charge on any atom is 0.0366 e. The van der Waals surface area contributed by atoms with E-state index in [-0.39, 0.29) is 0 Å². The second-order valence-corrected chi connectivity index (χ2v) is 5.97. The maximum atomic E-state index is 3.66. The molecule has 1 aliphatic heterocycles. The molecule has 0 spiro atoms. The van der Waals surface area contributed by atoms with Crippen molar-refractivity contribution in [1.29, 1.82) is 0 Å². The van der Waals surface area contributed by atoms with Gasteiger partial charge in [-0.25, -0.2) is 0 Å². The van der Waals surface area contributed by atoms with Crippen molar-refractivity contribution in [3.05, 3.63) is 30.3 Å². The molecule has 112 valence electrons. The van der Waals surface area contributed by atoms with E-state index in [2.05, 4.69) is 47.5 Å². The minimum absolute atomic E-state index is 0.771. The summed E-state index contributed by atoms with van der Waals surface area (Å²) in [5, 5.41) is 3.66. The fraction of sp³-hybridized carbons (Fsp3) is 0.667. The van der Waals surface area contributed by atoms with Gasteiger partial charge in [-0.05, 0) is 50.8 Å². The maximum absolute atomic E-state index is 3.66. The first-order valence-electron chi connectivity index (χ1n) is 8.43. The Morgan fingerprint density at radius 2 is 1.90 bits per heavy atom. The van der Waals surface area contributed by atoms with Crippen LogP contribution in [0, 0.1) is 0 Å². The first kappa shape index (κ1) is 15.4. The van der Waals surface area contributed by atoms with Crippen molar-refractivity contribution in [2.45, 2.75) is 57.9 Å². The molecule has 0 amide bonds. The van der Waals surface area contributed by atoms with Crippen LogP contribution in [0.2, 0.25) is 0 Å². The number of piperidine rings is 1. The molecule has 1 N–H and O–H groups in total. The zero-order chi connectivity index (χ0) is 14.0. The molecule has 1 unspecified atom stereocenters. The summed E-state index contributed by atoms with van der Waals surface area (Å²) in [4.78, 5) is 2.56. The Morgan fingerprint density at radius 3 is 2.60 bits per heavy atom. The van der Waals surface area contributed by atoms with Crippen molar-refractivity contribution in [1.82, 2.24) is 5.32 Å². The lowest BCUT2D eigenvalue weighted by Crippen LogP contribution is -2.35. The van der Waals surface area contributed by atoms with Gasteiger partial charge in [0.2, 0.25) is 0 Å². The molecule has 0 aliphatic carbocycles. The van der Waals surface area contributed by atoms with Crippen LogP contribution >= 0.6 is 0 Å². The Kier molecular flexibility index (Phi) is 6.93. The normalized spacial score (nSPS) is 18.9. The number of benzene rings is 1. The third-order valence-corrected chi connectivity index (χ3v) is 4.30. The summed E-state index contributed by atoms with van der Waals surface area (Å²) < 4.78 is 0. The zero-order valence-electron chi connectivity index (χ0n) is 13.0. The summed E-state index contributed by atoms with van der Waals surface area (Å²) in [5.41, 5.74) is 1.39. The molecule has 0 bridgehead atoms. The molecule has 1 fully saturated rings. The SMILES string of the molecule is CCCCN(CCCC1CCCCN1)c1ccccc1. The number of para-hydroxylation sites is 1. The Hall–Kier alpha value is -1.02. The van der Waals surface area contributed by atoms with Crippen LogP contribution in [0.4, 0.5) is 5.69 Å². The van der Waals surface area contributed by atoms with Crippen LogP contribution < -0.4 is 10.2 Å². The second kappa shape index (κ2) is 9.02. The smallest absolute Gasteiger partial charge is 0.0366 e. The van der Waals surface area contributed by atoms with Gasteiger partial charge in [-0.3, -0.25) is 0 Å². The van der Waals surface area contributed by atoms with Gasteiger partial charge in [-0.2, -0.15) is 0 Å². The summed E-state index contributed by atoms with van der Waals surface area (Å²) in [7, 11) is 0. The number of hydrogen-bond donors (Lipinski definition) is 1. The minimum atomic E-state index is 0.771. The van der Waals surface area contributed by atoms with Crippen LogP contribution in [0.5, 0.6) is 0 Å². The molecule has 0 saturated carbocycles. The lowest BCUT2D eigenvalue weighted by molar-refractivity contribution is 0.376. The van der Waals surface area contributed by atoms with Crippen molar-refractivity contribution in [2.24, 2.45) is 0 Å². The van der Waals surface area contributed by atoms with E-state index >= 15 is 0 Å². The Balaban J connectivity index is 1.78. The van der Waals surface area contributed by atoms with E-state index < -0.39 is 0 Å². The highest BCUT2D eigenvalue weighted by molar-refractivity contribution is 5.45. The Bertz CT molecular complexity index is 344. The summed E-state index contributed by atoms with van der Waals surface area (Å²) in [5.74, 6) is 0. The van der Waals surface area contributed by atoms with Gasteiger partial charge in [0.05, 0.1) is 0 Å². The van der Waals surface area contributed by atoms with E-state index in [9.17, 15) is 0 Å². The molecular weight excluding hydrogens is 244 g/mol. The van der Waals surface area contributed by atoms with E-state index in [0.29, 0.717) is 0 Å². The van der Waals surface area contributed by atoms with Crippen molar-refractivity contribution in [3.8, 4) is 0 Å². The summed E-state index contributed by atoms with van der Waals surface area (Å²) in [6.45, 7) is 5.89. The molecule has 20 heavy (non-hydrogen) atoms. The van der Waals surface area contributed by atoms with Crippen molar-refractivity contribution in [3.63, 3.8) is 0 Å². The van der Waals surface area contributed by atoms with Gasteiger partial charge in [-0.15, -0.1) is 0 Å². The van der Waals surface area contributed by atoms with E-state index in [1.165, 1.54) is 70.3 Å². The molecule has 2 nitrogen and oxygen atoms in total. The molecule has 2 rings (SSSR count). The van der Waals surface area contributed by atoms with E-state index in [0.717, 1.165) is 6.04 Å². The van der Waals surface area contributed by atoms with Gasteiger partial charge >= 0.3 is 0 Å². The lowest BCUT2D eigenvalue weighted by Gasteiger charge is -2.27. The van der Waals surface area contributed by atoms with Crippen LogP contribution in [-0.2, 0) is 0 Å². The van der Waals surface area contributed by atoms with Crippen molar-refractivity contribution in [2.75, 3.05) is 24.5 Å². The molecule has 0 radical (unpaired) electrons. The van der Waals surface area contributed by atoms with Crippen LogP contribution in [0.15, 0.2) is 30.3 Å². The van der Waals surface area contributed by atoms with Gasteiger partial charge < -0.3 is 10.2 Å². The van der Waals surface area contributed by atoms with E-state index in [4.69, 9.17) is 0 Å². The van der Waals surface area contributed by atoms with Gasteiger partial charge in [0, 0.05) is 24.8 Å². The highest BCUT2D eigenvalue weighted by Gasteiger charge is 2.13. The Morgan fingerprint density at radius 1 is 1.10 bits per heavy atom. The molecule has 1 aliphatic rings. The van der Waals surface area contributed by atoms with Crippen LogP contribution in [0.3, 0.4) is 0 Å². The average Bonchev–Trinajstić information content (AvgIpc) is 2.52. The fourth-order valence-corrected chi connectivity index (χ4v) is 3.06. The number of anilines is 1. The van der Waals surface area contributed by atoms with Crippen LogP contribution in [0.1, 0.15) is 51.9 Å². The summed E-state index contributed by atoms with van der Waals surface area (Å²) in [6, 6.07) is 11.7. The standard InChI is InChI=1S/C18H30N2/c1-2-3-15-20(18-12-5-4-6-13-18)16-9-11-17-10-7-8-14-19-17/h4-6,12-13,17,19H,2-3,7-11,14-16H2,1H3. The topological polar surface area (TPSA) is 15.3 Å². The van der Waals surface area contributed by atoms with Gasteiger partial charge in [0.1, 0.15) is 0 Å². The van der Waals surface area contributed by atoms with Gasteiger partial charge in [0.15, 0.2) is 0 Å². The predicted octanol–water partition coefficient (Wildman–Crippen LogP) is 4.22. The average molecular weight is 274 g/mol. The van der Waals surface area contributed by atoms with Crippen molar-refractivity contribution < 1.29 is 0 Å². The van der Waals surface area contributed by atoms with Gasteiger partial charge in [-0.1, -0.05) is 38.0 Å². The molecule has 1 atom stereocenters. The summed E-state index contributed by atoms with van der Waals surface area (Å²) in [6.07, 6.45) is 9.34. The monoisotopic (exact) mass is 274 g/mol. The molecule has 1 aromatic carbocycles. The third kappa shape index (κ3) is 5.16. The zero-order valence-corrected chi connectivity index (χ0v) is 13.0. The van der Waals surface area contributed by atoms with Gasteiger partial charge in [0.25, 0.3) is 0 Å². The molecule has 1 aromatic rings. The van der Waals surface area contributed by atoms with Crippen LogP contribution in [-0.4, -0.2) is 25.7 Å². The molecule has 1 saturated heterocycles.